The second-order valence-electron chi connectivity index (χ2n) is 4.41. The van der Waals surface area contributed by atoms with E-state index in [9.17, 15) is 0 Å². The number of nitrogens with zero attached hydrogens (tertiary/aromatic N) is 2. The Morgan fingerprint density at radius 1 is 1.26 bits per heavy atom. The number of H-pyrrole nitrogens is 1. The molecule has 1 aromatic carbocycles. The van der Waals surface area contributed by atoms with Crippen LogP contribution in [0.2, 0.25) is 0 Å². The maximum atomic E-state index is 9.09. The van der Waals surface area contributed by atoms with Crippen LogP contribution in [0.1, 0.15) is 11.3 Å². The van der Waals surface area contributed by atoms with Crippen LogP contribution < -0.4 is 5.73 Å². The summed E-state index contributed by atoms with van der Waals surface area (Å²) in [6, 6.07) is 11.6. The molecule has 92 valence electrons. The van der Waals surface area contributed by atoms with Crippen LogP contribution in [0.5, 0.6) is 0 Å². The van der Waals surface area contributed by atoms with E-state index in [-0.39, 0.29) is 0 Å². The van der Waals surface area contributed by atoms with Gasteiger partial charge in [0.25, 0.3) is 0 Å². The van der Waals surface area contributed by atoms with Gasteiger partial charge >= 0.3 is 0 Å². The molecule has 0 fully saturated rings. The highest BCUT2D eigenvalue weighted by molar-refractivity contribution is 5.97. The van der Waals surface area contributed by atoms with E-state index in [2.05, 4.69) is 16.0 Å². The zero-order chi connectivity index (χ0) is 13.4. The van der Waals surface area contributed by atoms with Crippen LogP contribution in [-0.2, 0) is 0 Å². The molecular weight excluding hydrogens is 236 g/mol. The van der Waals surface area contributed by atoms with Gasteiger partial charge in [0.1, 0.15) is 6.07 Å². The summed E-state index contributed by atoms with van der Waals surface area (Å²) in [6.45, 7) is 1.88. The molecule has 3 N–H and O–H groups in total. The van der Waals surface area contributed by atoms with Gasteiger partial charge in [-0.25, -0.2) is 0 Å². The molecule has 2 aromatic heterocycles. The number of aromatic amines is 1. The molecule has 0 saturated carbocycles. The second-order valence-corrected chi connectivity index (χ2v) is 4.41. The van der Waals surface area contributed by atoms with Crippen molar-refractivity contribution in [1.29, 1.82) is 5.26 Å². The fourth-order valence-electron chi connectivity index (χ4n) is 2.18. The van der Waals surface area contributed by atoms with Crippen LogP contribution in [0, 0.1) is 18.3 Å². The summed E-state index contributed by atoms with van der Waals surface area (Å²) < 4.78 is 0. The zero-order valence-corrected chi connectivity index (χ0v) is 10.4. The van der Waals surface area contributed by atoms with Crippen molar-refractivity contribution in [3.63, 3.8) is 0 Å². The van der Waals surface area contributed by atoms with E-state index < -0.39 is 0 Å². The number of rotatable bonds is 1. The van der Waals surface area contributed by atoms with E-state index in [1.807, 2.05) is 37.4 Å². The summed E-state index contributed by atoms with van der Waals surface area (Å²) in [5.41, 5.74) is 10.6. The molecule has 0 bridgehead atoms. The van der Waals surface area contributed by atoms with Crippen molar-refractivity contribution in [3.8, 4) is 17.3 Å². The predicted octanol–water partition coefficient (Wildman–Crippen LogP) is 2.99. The summed E-state index contributed by atoms with van der Waals surface area (Å²) in [6.07, 6.45) is 1.88. The first-order valence-electron chi connectivity index (χ1n) is 5.94. The summed E-state index contributed by atoms with van der Waals surface area (Å²) in [4.78, 5) is 7.64. The van der Waals surface area contributed by atoms with Gasteiger partial charge < -0.3 is 10.7 Å². The SMILES string of the molecule is Cc1nc(-c2c[nH]c3c(C#N)cccc23)ccc1N. The van der Waals surface area contributed by atoms with E-state index in [4.69, 9.17) is 11.0 Å². The van der Waals surface area contributed by atoms with Crippen LogP contribution in [-0.4, -0.2) is 9.97 Å². The number of aromatic nitrogens is 2. The molecule has 3 rings (SSSR count). The average molecular weight is 248 g/mol. The van der Waals surface area contributed by atoms with E-state index in [0.29, 0.717) is 11.3 Å². The minimum absolute atomic E-state index is 0.635. The lowest BCUT2D eigenvalue weighted by atomic mass is 10.1. The number of nitrogens with two attached hydrogens (primary N) is 1. The molecule has 4 heteroatoms. The van der Waals surface area contributed by atoms with Gasteiger partial charge in [-0.2, -0.15) is 5.26 Å². The topological polar surface area (TPSA) is 78.5 Å². The number of fused-ring (bicyclic) bond motifs is 1. The largest absolute Gasteiger partial charge is 0.397 e. The summed E-state index contributed by atoms with van der Waals surface area (Å²) in [5, 5.41) is 10.1. The number of nitrogens with one attached hydrogen (secondary N) is 1. The Balaban J connectivity index is 2.26. The van der Waals surface area contributed by atoms with Crippen molar-refractivity contribution in [1.82, 2.24) is 9.97 Å². The number of nitriles is 1. The maximum absolute atomic E-state index is 9.09. The lowest BCUT2D eigenvalue weighted by Crippen LogP contribution is -1.93. The van der Waals surface area contributed by atoms with Crippen LogP contribution >= 0.6 is 0 Å². The fourth-order valence-corrected chi connectivity index (χ4v) is 2.18. The molecule has 0 unspecified atom stereocenters. The van der Waals surface area contributed by atoms with Crippen LogP contribution in [0.15, 0.2) is 36.5 Å². The molecule has 4 nitrogen and oxygen atoms in total. The lowest BCUT2D eigenvalue weighted by molar-refractivity contribution is 1.21. The molecule has 0 aliphatic rings. The fraction of sp³-hybridized carbons (Fsp3) is 0.0667. The number of hydrogen-bond donors (Lipinski definition) is 2. The molecule has 0 spiro atoms. The Morgan fingerprint density at radius 2 is 2.11 bits per heavy atom. The third-order valence-corrected chi connectivity index (χ3v) is 3.24. The molecule has 0 amide bonds. The first-order chi connectivity index (χ1) is 9.20. The number of pyridine rings is 1. The van der Waals surface area contributed by atoms with Gasteiger partial charge in [-0.15, -0.1) is 0 Å². The molecule has 0 atom stereocenters. The average Bonchev–Trinajstić information content (AvgIpc) is 2.85. The second kappa shape index (κ2) is 4.14. The minimum atomic E-state index is 0.635. The first-order valence-corrected chi connectivity index (χ1v) is 5.94. The van der Waals surface area contributed by atoms with Crippen molar-refractivity contribution in [3.05, 3.63) is 47.8 Å². The molecular formula is C15H12N4. The zero-order valence-electron chi connectivity index (χ0n) is 10.4. The Labute approximate surface area is 110 Å². The van der Waals surface area contributed by atoms with Gasteiger partial charge in [0.15, 0.2) is 0 Å². The van der Waals surface area contributed by atoms with Crippen molar-refractivity contribution in [2.24, 2.45) is 0 Å². The molecule has 0 aliphatic heterocycles. The number of anilines is 1. The Hall–Kier alpha value is -2.80. The molecule has 2 heterocycles. The monoisotopic (exact) mass is 248 g/mol. The quantitative estimate of drug-likeness (QED) is 0.694. The Morgan fingerprint density at radius 3 is 2.84 bits per heavy atom. The highest BCUT2D eigenvalue weighted by Crippen LogP contribution is 2.29. The van der Waals surface area contributed by atoms with E-state index in [0.717, 1.165) is 27.9 Å². The van der Waals surface area contributed by atoms with Gasteiger partial charge in [0.05, 0.1) is 28.2 Å². The highest BCUT2D eigenvalue weighted by atomic mass is 14.8. The van der Waals surface area contributed by atoms with E-state index in [1.165, 1.54) is 0 Å². The first kappa shape index (κ1) is 11.3. The van der Waals surface area contributed by atoms with Gasteiger partial charge in [0.2, 0.25) is 0 Å². The number of benzene rings is 1. The van der Waals surface area contributed by atoms with E-state index >= 15 is 0 Å². The third-order valence-electron chi connectivity index (χ3n) is 3.24. The van der Waals surface area contributed by atoms with E-state index in [1.54, 1.807) is 6.07 Å². The normalized spacial score (nSPS) is 10.5. The lowest BCUT2D eigenvalue weighted by Gasteiger charge is -2.03. The summed E-state index contributed by atoms with van der Waals surface area (Å²) in [5.74, 6) is 0. The van der Waals surface area contributed by atoms with Crippen molar-refractivity contribution >= 4 is 16.6 Å². The minimum Gasteiger partial charge on any atom is -0.397 e. The molecule has 0 saturated heterocycles. The van der Waals surface area contributed by atoms with Crippen LogP contribution in [0.4, 0.5) is 5.69 Å². The van der Waals surface area contributed by atoms with Gasteiger partial charge in [-0.05, 0) is 25.1 Å². The maximum Gasteiger partial charge on any atom is 0.101 e. The number of aryl methyl sites for hydroxylation is 1. The smallest absolute Gasteiger partial charge is 0.101 e. The van der Waals surface area contributed by atoms with Gasteiger partial charge in [-0.3, -0.25) is 4.98 Å². The molecule has 19 heavy (non-hydrogen) atoms. The van der Waals surface area contributed by atoms with Crippen molar-refractivity contribution < 1.29 is 0 Å². The number of hydrogen-bond acceptors (Lipinski definition) is 3. The summed E-state index contributed by atoms with van der Waals surface area (Å²) in [7, 11) is 0. The summed E-state index contributed by atoms with van der Waals surface area (Å²) >= 11 is 0. The molecule has 3 aromatic rings. The van der Waals surface area contributed by atoms with Crippen LogP contribution in [0.3, 0.4) is 0 Å². The molecule has 0 radical (unpaired) electrons. The van der Waals surface area contributed by atoms with Crippen molar-refractivity contribution in [2.45, 2.75) is 6.92 Å². The highest BCUT2D eigenvalue weighted by Gasteiger charge is 2.10. The van der Waals surface area contributed by atoms with Gasteiger partial charge in [-0.1, -0.05) is 12.1 Å². The van der Waals surface area contributed by atoms with Crippen LogP contribution in [0.25, 0.3) is 22.2 Å². The number of para-hydroxylation sites is 1. The predicted molar refractivity (Wildman–Crippen MR) is 75.4 cm³/mol. The standard InChI is InChI=1S/C15H12N4/c1-9-13(17)5-6-14(19-9)12-8-18-15-10(7-16)3-2-4-11(12)15/h2-6,8,18H,17H2,1H3. The third kappa shape index (κ3) is 1.72. The molecule has 0 aliphatic carbocycles. The number of nitrogen functional groups attached to an aromatic ring is 1. The Bertz CT molecular complexity index is 809. The Kier molecular flexibility index (Phi) is 2.46. The van der Waals surface area contributed by atoms with Crippen molar-refractivity contribution in [2.75, 3.05) is 5.73 Å². The van der Waals surface area contributed by atoms with Gasteiger partial charge in [0, 0.05) is 17.1 Å².